The minimum absolute atomic E-state index is 0.00816. The van der Waals surface area contributed by atoms with E-state index in [2.05, 4.69) is 22.2 Å². The molecule has 1 saturated heterocycles. The Kier molecular flexibility index (Phi) is 5.56. The molecule has 6 nitrogen and oxygen atoms in total. The number of aryl methyl sites for hydroxylation is 1. The van der Waals surface area contributed by atoms with Crippen LogP contribution in [0.2, 0.25) is 0 Å². The zero-order valence-corrected chi connectivity index (χ0v) is 14.0. The van der Waals surface area contributed by atoms with Gasteiger partial charge in [-0.25, -0.2) is 0 Å². The smallest absolute Gasteiger partial charge is 0.266 e. The van der Waals surface area contributed by atoms with Crippen molar-refractivity contribution in [2.24, 2.45) is 0 Å². The molecule has 2 N–H and O–H groups in total. The average molecular weight is 316 g/mol. The fourth-order valence-corrected chi connectivity index (χ4v) is 3.22. The van der Waals surface area contributed by atoms with Gasteiger partial charge < -0.3 is 15.2 Å². The van der Waals surface area contributed by atoms with Crippen LogP contribution in [0.3, 0.4) is 0 Å². The quantitative estimate of drug-likeness (QED) is 0.848. The molecule has 1 aromatic rings. The van der Waals surface area contributed by atoms with E-state index in [0.29, 0.717) is 31.0 Å². The van der Waals surface area contributed by atoms with Gasteiger partial charge >= 0.3 is 0 Å². The summed E-state index contributed by atoms with van der Waals surface area (Å²) in [6.45, 7) is 5.34. The molecule has 0 unspecified atom stereocenters. The van der Waals surface area contributed by atoms with Gasteiger partial charge in [-0.1, -0.05) is 0 Å². The molecule has 0 bridgehead atoms. The first-order chi connectivity index (χ1) is 10.9. The Morgan fingerprint density at radius 2 is 2.22 bits per heavy atom. The molecular weight excluding hydrogens is 292 g/mol. The van der Waals surface area contributed by atoms with Crippen molar-refractivity contribution < 1.29 is 4.79 Å². The van der Waals surface area contributed by atoms with Gasteiger partial charge in [0.2, 0.25) is 5.91 Å². The number of likely N-dealkylation sites (tertiary alicyclic amines) is 1. The molecule has 0 spiro atoms. The van der Waals surface area contributed by atoms with Crippen molar-refractivity contribution in [1.82, 2.24) is 15.2 Å². The summed E-state index contributed by atoms with van der Waals surface area (Å²) in [6.07, 6.45) is 3.19. The number of pyridine rings is 1. The summed E-state index contributed by atoms with van der Waals surface area (Å²) in [7, 11) is 2.08. The number of hydrogen-bond acceptors (Lipinski definition) is 4. The molecule has 1 atom stereocenters. The minimum atomic E-state index is -0.361. The molecule has 23 heavy (non-hydrogen) atoms. The molecule has 1 amide bonds. The summed E-state index contributed by atoms with van der Waals surface area (Å²) >= 11 is 0. The molecule has 124 valence electrons. The Labute approximate surface area is 136 Å². The second-order valence-electron chi connectivity index (χ2n) is 6.25. The number of likely N-dealkylation sites (N-methyl/N-ethyl adjacent to an activating group) is 1. The van der Waals surface area contributed by atoms with Crippen molar-refractivity contribution in [2.45, 2.75) is 45.6 Å². The van der Waals surface area contributed by atoms with E-state index >= 15 is 0 Å². The Bertz CT molecular complexity index is 687. The largest absolute Gasteiger partial charge is 0.355 e. The van der Waals surface area contributed by atoms with Crippen LogP contribution in [0.15, 0.2) is 4.79 Å². The first-order valence-corrected chi connectivity index (χ1v) is 8.03. The second kappa shape index (κ2) is 7.42. The van der Waals surface area contributed by atoms with Crippen molar-refractivity contribution in [1.29, 1.82) is 5.26 Å². The highest BCUT2D eigenvalue weighted by Gasteiger charge is 2.21. The van der Waals surface area contributed by atoms with Gasteiger partial charge in [0.05, 0.1) is 0 Å². The highest BCUT2D eigenvalue weighted by Crippen LogP contribution is 2.16. The van der Waals surface area contributed by atoms with E-state index in [4.69, 9.17) is 5.26 Å². The molecule has 0 saturated carbocycles. The maximum atomic E-state index is 12.1. The lowest BCUT2D eigenvalue weighted by atomic mass is 9.99. The Balaban J connectivity index is 1.94. The topological polar surface area (TPSA) is 89.0 Å². The summed E-state index contributed by atoms with van der Waals surface area (Å²) < 4.78 is 0. The number of nitriles is 1. The van der Waals surface area contributed by atoms with Crippen LogP contribution < -0.4 is 10.9 Å². The average Bonchev–Trinajstić information content (AvgIpc) is 2.90. The van der Waals surface area contributed by atoms with Crippen molar-refractivity contribution in [3.05, 3.63) is 32.7 Å². The van der Waals surface area contributed by atoms with E-state index in [9.17, 15) is 9.59 Å². The molecule has 1 fully saturated rings. The number of H-pyrrole nitrogens is 1. The molecule has 6 heteroatoms. The predicted octanol–water partition coefficient (Wildman–Crippen LogP) is 1.01. The van der Waals surface area contributed by atoms with Crippen LogP contribution in [0.5, 0.6) is 0 Å². The second-order valence-corrected chi connectivity index (χ2v) is 6.25. The number of carbonyl (C=O) groups excluding carboxylic acids is 1. The molecule has 2 heterocycles. The van der Waals surface area contributed by atoms with Crippen LogP contribution >= 0.6 is 0 Å². The van der Waals surface area contributed by atoms with Crippen molar-refractivity contribution in [2.75, 3.05) is 20.1 Å². The molecule has 1 aromatic heterocycles. The highest BCUT2D eigenvalue weighted by molar-refractivity contribution is 5.76. The van der Waals surface area contributed by atoms with E-state index in [1.54, 1.807) is 13.8 Å². The molecule has 2 rings (SSSR count). The van der Waals surface area contributed by atoms with Gasteiger partial charge in [-0.05, 0) is 57.8 Å². The molecule has 1 aliphatic rings. The van der Waals surface area contributed by atoms with E-state index in [-0.39, 0.29) is 17.0 Å². The van der Waals surface area contributed by atoms with Gasteiger partial charge in [-0.15, -0.1) is 0 Å². The third-order valence-electron chi connectivity index (χ3n) is 4.73. The zero-order chi connectivity index (χ0) is 17.0. The SMILES string of the molecule is Cc1[nH]c(=O)c(C#N)c(C)c1CCC(=O)NC[C@H]1CCCN1C. The lowest BCUT2D eigenvalue weighted by Gasteiger charge is -2.19. The summed E-state index contributed by atoms with van der Waals surface area (Å²) in [5.41, 5.74) is 2.07. The summed E-state index contributed by atoms with van der Waals surface area (Å²) in [4.78, 5) is 28.7. The fraction of sp³-hybridized carbons (Fsp3) is 0.588. The number of nitrogens with zero attached hydrogens (tertiary/aromatic N) is 2. The maximum absolute atomic E-state index is 12.1. The van der Waals surface area contributed by atoms with Crippen molar-refractivity contribution in [3.63, 3.8) is 0 Å². The molecule has 0 aliphatic carbocycles. The van der Waals surface area contributed by atoms with Crippen molar-refractivity contribution in [3.8, 4) is 6.07 Å². The van der Waals surface area contributed by atoms with E-state index in [1.807, 2.05) is 6.07 Å². The Morgan fingerprint density at radius 3 is 2.83 bits per heavy atom. The van der Waals surface area contributed by atoms with Gasteiger partial charge in [0, 0.05) is 24.7 Å². The van der Waals surface area contributed by atoms with E-state index in [0.717, 1.165) is 24.2 Å². The highest BCUT2D eigenvalue weighted by atomic mass is 16.1. The minimum Gasteiger partial charge on any atom is -0.355 e. The van der Waals surface area contributed by atoms with Gasteiger partial charge in [0.15, 0.2) is 0 Å². The molecule has 0 aromatic carbocycles. The number of rotatable bonds is 5. The van der Waals surface area contributed by atoms with Crippen LogP contribution in [0.1, 0.15) is 41.6 Å². The summed E-state index contributed by atoms with van der Waals surface area (Å²) in [5, 5.41) is 12.1. The number of aromatic amines is 1. The summed E-state index contributed by atoms with van der Waals surface area (Å²) in [5.74, 6) is 0.00816. The standard InChI is InChI=1S/C17H24N4O2/c1-11-14(12(2)20-17(23)15(11)9-18)6-7-16(22)19-10-13-5-4-8-21(13)3/h13H,4-8,10H2,1-3H3,(H,19,22)(H,20,23)/t13-/m1/s1. The molecule has 1 aliphatic heterocycles. The predicted molar refractivity (Wildman–Crippen MR) is 88.2 cm³/mol. The monoisotopic (exact) mass is 316 g/mol. The number of aromatic nitrogens is 1. The first-order valence-electron chi connectivity index (χ1n) is 8.03. The third-order valence-corrected chi connectivity index (χ3v) is 4.73. The normalized spacial score (nSPS) is 17.9. The number of amides is 1. The van der Waals surface area contributed by atoms with Crippen LogP contribution in [-0.2, 0) is 11.2 Å². The fourth-order valence-electron chi connectivity index (χ4n) is 3.22. The number of carbonyl (C=O) groups is 1. The number of nitrogens with one attached hydrogen (secondary N) is 2. The van der Waals surface area contributed by atoms with Crippen LogP contribution in [0.4, 0.5) is 0 Å². The van der Waals surface area contributed by atoms with Gasteiger partial charge in [0.1, 0.15) is 11.6 Å². The Morgan fingerprint density at radius 1 is 1.48 bits per heavy atom. The summed E-state index contributed by atoms with van der Waals surface area (Å²) in [6, 6.07) is 2.37. The van der Waals surface area contributed by atoms with Gasteiger partial charge in [-0.3, -0.25) is 9.59 Å². The van der Waals surface area contributed by atoms with E-state index < -0.39 is 0 Å². The third kappa shape index (κ3) is 3.99. The first kappa shape index (κ1) is 17.2. The van der Waals surface area contributed by atoms with Gasteiger partial charge in [-0.2, -0.15) is 5.26 Å². The number of hydrogen-bond donors (Lipinski definition) is 2. The van der Waals surface area contributed by atoms with E-state index in [1.165, 1.54) is 6.42 Å². The van der Waals surface area contributed by atoms with Crippen LogP contribution in [-0.4, -0.2) is 42.0 Å². The van der Waals surface area contributed by atoms with Crippen LogP contribution in [0, 0.1) is 25.2 Å². The molecule has 0 radical (unpaired) electrons. The lowest BCUT2D eigenvalue weighted by Crippen LogP contribution is -2.38. The van der Waals surface area contributed by atoms with Crippen LogP contribution in [0.25, 0.3) is 0 Å². The van der Waals surface area contributed by atoms with Gasteiger partial charge in [0.25, 0.3) is 5.56 Å². The molecular formula is C17H24N4O2. The van der Waals surface area contributed by atoms with Crippen molar-refractivity contribution >= 4 is 5.91 Å². The zero-order valence-electron chi connectivity index (χ0n) is 14.0. The lowest BCUT2D eigenvalue weighted by molar-refractivity contribution is -0.121. The maximum Gasteiger partial charge on any atom is 0.266 e. The Hall–Kier alpha value is -2.13.